The summed E-state index contributed by atoms with van der Waals surface area (Å²) in [6.07, 6.45) is 21.8. The Labute approximate surface area is 579 Å². The van der Waals surface area contributed by atoms with Crippen LogP contribution in [0, 0.1) is 5.41 Å². The van der Waals surface area contributed by atoms with Gasteiger partial charge in [-0.05, 0) is 113 Å². The van der Waals surface area contributed by atoms with Crippen LogP contribution in [0.1, 0.15) is 135 Å². The Hall–Kier alpha value is -9.36. The Bertz CT molecular complexity index is 4330. The van der Waals surface area contributed by atoms with Crippen molar-refractivity contribution in [2.24, 2.45) is 11.5 Å². The molecule has 0 radical (unpaired) electrons. The van der Waals surface area contributed by atoms with Crippen molar-refractivity contribution in [1.82, 2.24) is 49.7 Å². The normalized spacial score (nSPS) is 15.9. The summed E-state index contributed by atoms with van der Waals surface area (Å²) in [5.41, 5.74) is 34.1. The summed E-state index contributed by atoms with van der Waals surface area (Å²) in [6, 6.07) is 17.5. The molecule has 0 saturated heterocycles. The van der Waals surface area contributed by atoms with Gasteiger partial charge in [-0.3, -0.25) is 62.9 Å². The fourth-order valence-electron chi connectivity index (χ4n) is 11.2. The van der Waals surface area contributed by atoms with Gasteiger partial charge in [0.2, 0.25) is 20.0 Å². The highest BCUT2D eigenvalue weighted by Crippen LogP contribution is 2.37. The number of para-hydroxylation sites is 4. The molecule has 520 valence electrons. The number of ketones is 3. The van der Waals surface area contributed by atoms with Gasteiger partial charge in [0.15, 0.2) is 17.3 Å². The minimum absolute atomic E-state index is 0.0324. The number of nitrogens with two attached hydrogens (primary N) is 4. The number of nitrogen functional groups attached to an aromatic ring is 2. The van der Waals surface area contributed by atoms with E-state index in [4.69, 9.17) is 61.5 Å². The number of Topliss-reactive ketones (excluding diaryl/α,β-unsaturated/α-hetero) is 3. The number of hydrogen-bond acceptors (Lipinski definition) is 23. The molecule has 1 atom stereocenters. The molecule has 2 aliphatic heterocycles. The maximum absolute atomic E-state index is 12.9. The molecule has 2 saturated carbocycles. The number of anilines is 8. The van der Waals surface area contributed by atoms with Crippen LogP contribution in [0.4, 0.5) is 45.8 Å². The number of pyridine rings is 2. The van der Waals surface area contributed by atoms with Crippen LogP contribution in [0.3, 0.4) is 0 Å². The summed E-state index contributed by atoms with van der Waals surface area (Å²) in [6.45, 7) is 0.964. The first-order valence-electron chi connectivity index (χ1n) is 31.6. The fraction of sp³-hybridized carbons (Fsp3) is 0.394. The fourth-order valence-corrected chi connectivity index (χ4v) is 12.7. The van der Waals surface area contributed by atoms with E-state index in [2.05, 4.69) is 40.5 Å². The Morgan fingerprint density at radius 2 is 0.959 bits per heavy atom. The van der Waals surface area contributed by atoms with Crippen LogP contribution in [-0.2, 0) is 92.5 Å². The Morgan fingerprint density at radius 3 is 1.36 bits per heavy atom. The Morgan fingerprint density at radius 1 is 0.561 bits per heavy atom. The number of sulfonamides is 2. The van der Waals surface area contributed by atoms with Gasteiger partial charge in [-0.2, -0.15) is 0 Å². The van der Waals surface area contributed by atoms with E-state index in [0.717, 1.165) is 122 Å². The van der Waals surface area contributed by atoms with Crippen LogP contribution < -0.4 is 42.2 Å². The van der Waals surface area contributed by atoms with Crippen molar-refractivity contribution in [2.75, 3.05) is 78.0 Å². The van der Waals surface area contributed by atoms with Crippen LogP contribution in [0.15, 0.2) is 79.3 Å². The lowest BCUT2D eigenvalue weighted by molar-refractivity contribution is -0.134. The number of amides is 2. The average Bonchev–Trinajstić information content (AvgIpc) is 1.57. The van der Waals surface area contributed by atoms with Crippen molar-refractivity contribution in [1.29, 1.82) is 5.41 Å². The zero-order chi connectivity index (χ0) is 71.2. The zero-order valence-corrected chi connectivity index (χ0v) is 58.6. The van der Waals surface area contributed by atoms with Crippen LogP contribution in [0.25, 0.3) is 0 Å². The standard InChI is InChI=1S/C24H26N6O3S.C16H17ClN4O3S.2C7H9N3.C5H7ClO.C5H6O2.C2H7N3/c1-29-14-21-23(24(29)31)20(28-19-7-4-5-10-22(19)30(2)34(3,32)33)12-15(26-21)11-16-13-25-17-8-6-9-18(17)27-16;1-20-9-12-15(16(20)22)11(8-14(17)19-12)18-10-6-4-5-7-13(10)21(2)25(3,23)24;2*8-7-4-9-5-2-1-3-6(5)10-7;2*6-4-2-1-3-5(4)7;3-1-2(4)5/h4-5,7,10,12-13H,6,8-9,11,14H2,1-3H3,(H,26,28);4-8H,9H2,1-3H3,(H,18,19);2*4H,1-3H2,(H2,8,10);4H,1-3H2;1-3H2;1,3H2,(H3,4,5). The number of nitrogens with zero attached hydrogens (tertiary/aromatic N) is 12. The molecule has 14 rings (SSSR count). The second-order valence-corrected chi connectivity index (χ2v) is 28.9. The van der Waals surface area contributed by atoms with Crippen molar-refractivity contribution in [2.45, 2.75) is 121 Å². The summed E-state index contributed by atoms with van der Waals surface area (Å²) in [7, 11) is -0.492. The third-order valence-corrected chi connectivity index (χ3v) is 19.5. The summed E-state index contributed by atoms with van der Waals surface area (Å²) >= 11 is 11.6. The van der Waals surface area contributed by atoms with Gasteiger partial charge < -0.3 is 43.4 Å². The number of benzene rings is 2. The molecule has 32 heteroatoms. The number of carbonyl (C=O) groups excluding carboxylic acids is 5. The van der Waals surface area contributed by atoms with Gasteiger partial charge in [-0.25, -0.2) is 31.8 Å². The van der Waals surface area contributed by atoms with Gasteiger partial charge in [0.25, 0.3) is 11.8 Å². The summed E-state index contributed by atoms with van der Waals surface area (Å²) in [4.78, 5) is 94.4. The maximum atomic E-state index is 12.9. The van der Waals surface area contributed by atoms with E-state index in [1.807, 2.05) is 12.1 Å². The molecule has 1 unspecified atom stereocenters. The summed E-state index contributed by atoms with van der Waals surface area (Å²) < 4.78 is 50.5. The van der Waals surface area contributed by atoms with Crippen molar-refractivity contribution >= 4 is 124 Å². The van der Waals surface area contributed by atoms with Crippen LogP contribution >= 0.6 is 23.2 Å². The van der Waals surface area contributed by atoms with E-state index in [9.17, 15) is 40.8 Å². The van der Waals surface area contributed by atoms with Gasteiger partial charge in [-0.15, -0.1) is 11.6 Å². The molecule has 98 heavy (non-hydrogen) atoms. The number of hydrogen-bond donors (Lipinski definition) is 7. The second kappa shape index (κ2) is 33.3. The van der Waals surface area contributed by atoms with E-state index < -0.39 is 20.0 Å². The molecule has 7 aromatic rings. The molecule has 7 heterocycles. The van der Waals surface area contributed by atoms with E-state index in [0.29, 0.717) is 107 Å². The summed E-state index contributed by atoms with van der Waals surface area (Å²) in [5.74, 6) is 0.700. The molecule has 28 nitrogen and oxygen atoms in total. The van der Waals surface area contributed by atoms with Crippen LogP contribution in [-0.4, -0.2) is 154 Å². The quantitative estimate of drug-likeness (QED) is 0.0231. The third kappa shape index (κ3) is 19.7. The molecule has 2 amide bonds. The highest BCUT2D eigenvalue weighted by Gasteiger charge is 2.33. The second-order valence-electron chi connectivity index (χ2n) is 24.0. The van der Waals surface area contributed by atoms with E-state index >= 15 is 0 Å². The zero-order valence-electron chi connectivity index (χ0n) is 55.4. The topological polar surface area (TPSA) is 422 Å². The number of rotatable bonds is 11. The van der Waals surface area contributed by atoms with Crippen molar-refractivity contribution in [3.05, 3.63) is 152 Å². The molecule has 0 spiro atoms. The molecule has 0 bridgehead atoms. The maximum Gasteiger partial charge on any atom is 0.257 e. The monoisotopic (exact) mass is 1420 g/mol. The first-order chi connectivity index (χ1) is 46.5. The first kappa shape index (κ1) is 74.4. The molecule has 11 N–H and O–H groups in total. The Balaban J connectivity index is 0.000000165. The SMILES string of the molecule is CN1Cc2nc(Cc3cnc4c(n3)CCC4)cc(Nc3ccccc3N(C)S(C)(=O)=O)c2C1=O.CN1Cc2nc(Cl)cc(Nc3ccccc3N(C)S(C)(=O)=O)c2C1=O.N=C(N)CN.Nc1cnc2c(n1)CCC2.Nc1cnc2c(n1)CCC2.O=C1CCCC1=O.O=C1CCCC1Cl. The number of carbonyl (C=O) groups is 5. The minimum Gasteiger partial charge on any atom is -0.387 e. The predicted molar refractivity (Wildman–Crippen MR) is 378 cm³/mol. The third-order valence-electron chi connectivity index (χ3n) is 16.4. The van der Waals surface area contributed by atoms with Crippen molar-refractivity contribution in [3.63, 3.8) is 0 Å². The number of aromatic nitrogens is 8. The van der Waals surface area contributed by atoms with Gasteiger partial charge in [0, 0.05) is 65.8 Å². The van der Waals surface area contributed by atoms with E-state index in [1.165, 1.54) is 35.5 Å². The van der Waals surface area contributed by atoms with Crippen molar-refractivity contribution < 1.29 is 40.8 Å². The molecule has 2 fully saturated rings. The highest BCUT2D eigenvalue weighted by molar-refractivity contribution is 7.92. The molecular formula is C66H81Cl2N19O9S2. The number of amidine groups is 1. The van der Waals surface area contributed by atoms with Crippen LogP contribution in [0.2, 0.25) is 5.15 Å². The number of halogens is 2. The Kier molecular flexibility index (Phi) is 25.3. The highest BCUT2D eigenvalue weighted by atomic mass is 35.5. The van der Waals surface area contributed by atoms with Gasteiger partial charge in [0.1, 0.15) is 22.6 Å². The number of fused-ring (bicyclic) bond motifs is 5. The van der Waals surface area contributed by atoms with Crippen molar-refractivity contribution in [3.8, 4) is 0 Å². The first-order valence-corrected chi connectivity index (χ1v) is 36.1. The lowest BCUT2D eigenvalue weighted by atomic mass is 10.1. The molecular weight excluding hydrogens is 1340 g/mol. The molecule has 7 aliphatic rings. The average molecular weight is 1420 g/mol. The minimum atomic E-state index is -3.47. The lowest BCUT2D eigenvalue weighted by Gasteiger charge is -2.21. The van der Waals surface area contributed by atoms with Gasteiger partial charge in [0.05, 0.1) is 146 Å². The lowest BCUT2D eigenvalue weighted by Crippen LogP contribution is -2.25. The predicted octanol–water partition coefficient (Wildman–Crippen LogP) is 6.77. The molecule has 5 aliphatic carbocycles. The molecule has 5 aromatic heterocycles. The number of alkyl halides is 1. The van der Waals surface area contributed by atoms with Crippen LogP contribution in [0.5, 0.6) is 0 Å². The van der Waals surface area contributed by atoms with E-state index in [-0.39, 0.29) is 52.1 Å². The van der Waals surface area contributed by atoms with Gasteiger partial charge in [-0.1, -0.05) is 35.9 Å². The smallest absolute Gasteiger partial charge is 0.257 e. The number of nitrogens with one attached hydrogen (secondary N) is 3. The number of aryl methyl sites for hydroxylation is 6. The summed E-state index contributed by atoms with van der Waals surface area (Å²) in [5, 5.41) is 13.0. The molecule has 2 aromatic carbocycles. The van der Waals surface area contributed by atoms with E-state index in [1.54, 1.807) is 91.0 Å². The van der Waals surface area contributed by atoms with Gasteiger partial charge >= 0.3 is 0 Å². The largest absolute Gasteiger partial charge is 0.387 e.